The Bertz CT molecular complexity index is 1140. The second kappa shape index (κ2) is 6.29. The lowest BCUT2D eigenvalue weighted by atomic mass is 10.1. The number of aromatic nitrogens is 5. The van der Waals surface area contributed by atoms with Crippen LogP contribution in [-0.4, -0.2) is 24.5 Å². The molecule has 0 fully saturated rings. The van der Waals surface area contributed by atoms with E-state index in [1.54, 1.807) is 28.0 Å². The number of pyridine rings is 1. The third-order valence-corrected chi connectivity index (χ3v) is 4.01. The molecule has 128 valence electrons. The van der Waals surface area contributed by atoms with Crippen LogP contribution in [0.1, 0.15) is 11.1 Å². The Morgan fingerprint density at radius 3 is 2.85 bits per heavy atom. The van der Waals surface area contributed by atoms with Gasteiger partial charge in [-0.3, -0.25) is 9.36 Å². The van der Waals surface area contributed by atoms with Crippen molar-refractivity contribution in [1.82, 2.24) is 24.5 Å². The molecule has 0 aliphatic heterocycles. The van der Waals surface area contributed by atoms with Gasteiger partial charge < -0.3 is 5.32 Å². The molecular formula is C18H14FN7. The summed E-state index contributed by atoms with van der Waals surface area (Å²) in [5, 5.41) is 21.7. The third-order valence-electron chi connectivity index (χ3n) is 4.01. The van der Waals surface area contributed by atoms with Gasteiger partial charge in [-0.25, -0.2) is 9.37 Å². The molecule has 1 N–H and O–H groups in total. The minimum absolute atomic E-state index is 0.292. The van der Waals surface area contributed by atoms with E-state index >= 15 is 0 Å². The Labute approximate surface area is 148 Å². The van der Waals surface area contributed by atoms with Crippen LogP contribution in [0, 0.1) is 17.1 Å². The van der Waals surface area contributed by atoms with Crippen molar-refractivity contribution in [1.29, 1.82) is 5.26 Å². The van der Waals surface area contributed by atoms with Crippen molar-refractivity contribution in [2.24, 2.45) is 7.05 Å². The summed E-state index contributed by atoms with van der Waals surface area (Å²) < 4.78 is 17.0. The lowest BCUT2D eigenvalue weighted by molar-refractivity contribution is 0.620. The molecule has 3 heterocycles. The number of halogens is 1. The second-order valence-corrected chi connectivity index (χ2v) is 5.87. The van der Waals surface area contributed by atoms with Gasteiger partial charge >= 0.3 is 0 Å². The van der Waals surface area contributed by atoms with Gasteiger partial charge in [0.1, 0.15) is 11.6 Å². The normalized spacial score (nSPS) is 10.8. The van der Waals surface area contributed by atoms with Gasteiger partial charge in [0.05, 0.1) is 41.8 Å². The highest BCUT2D eigenvalue weighted by molar-refractivity contribution is 5.81. The van der Waals surface area contributed by atoms with Crippen molar-refractivity contribution in [3.8, 4) is 6.07 Å². The van der Waals surface area contributed by atoms with Crippen LogP contribution in [0.5, 0.6) is 0 Å². The number of rotatable bonds is 4. The molecule has 0 saturated heterocycles. The number of nitrogens with zero attached hydrogens (tertiary/aromatic N) is 6. The van der Waals surface area contributed by atoms with E-state index in [0.29, 0.717) is 23.5 Å². The Morgan fingerprint density at radius 1 is 1.19 bits per heavy atom. The largest absolute Gasteiger partial charge is 0.338 e. The smallest absolute Gasteiger partial charge is 0.132 e. The Kier molecular flexibility index (Phi) is 3.82. The monoisotopic (exact) mass is 347 g/mol. The number of anilines is 2. The molecule has 0 aliphatic carbocycles. The summed E-state index contributed by atoms with van der Waals surface area (Å²) in [6, 6.07) is 8.07. The number of nitriles is 1. The van der Waals surface area contributed by atoms with Crippen LogP contribution in [0.4, 0.5) is 15.9 Å². The zero-order valence-electron chi connectivity index (χ0n) is 13.9. The number of fused-ring (bicyclic) bond motifs is 1. The molecule has 26 heavy (non-hydrogen) atoms. The van der Waals surface area contributed by atoms with Crippen LogP contribution in [0.3, 0.4) is 0 Å². The molecule has 0 aliphatic rings. The van der Waals surface area contributed by atoms with Crippen molar-refractivity contribution in [3.05, 3.63) is 66.0 Å². The summed E-state index contributed by atoms with van der Waals surface area (Å²) in [5.41, 5.74) is 2.66. The first-order chi connectivity index (χ1) is 12.6. The summed E-state index contributed by atoms with van der Waals surface area (Å²) in [7, 11) is 1.84. The molecule has 0 radical (unpaired) electrons. The SMILES string of the molecule is Cn1cc(Nc2cc3c(cn2)cnn3Cc2cc(F)ccc2C#N)cn1. The molecule has 0 bridgehead atoms. The summed E-state index contributed by atoms with van der Waals surface area (Å²) >= 11 is 0. The van der Waals surface area contributed by atoms with E-state index in [2.05, 4.69) is 26.6 Å². The van der Waals surface area contributed by atoms with Crippen molar-refractivity contribution in [2.75, 3.05) is 5.32 Å². The van der Waals surface area contributed by atoms with Gasteiger partial charge in [-0.2, -0.15) is 15.5 Å². The molecular weight excluding hydrogens is 333 g/mol. The van der Waals surface area contributed by atoms with Gasteiger partial charge in [-0.1, -0.05) is 0 Å². The van der Waals surface area contributed by atoms with Crippen molar-refractivity contribution in [3.63, 3.8) is 0 Å². The standard InChI is InChI=1S/C18H14FN7/c1-25-11-16(9-22-25)24-18-5-17-14(7-21-18)8-23-26(17)10-13-4-15(19)3-2-12(13)6-20/h2-5,7-9,11H,10H2,1H3,(H,21,24). The third kappa shape index (κ3) is 2.98. The fourth-order valence-electron chi connectivity index (χ4n) is 2.76. The fraction of sp³-hybridized carbons (Fsp3) is 0.111. The van der Waals surface area contributed by atoms with E-state index < -0.39 is 0 Å². The molecule has 4 rings (SSSR count). The van der Waals surface area contributed by atoms with E-state index in [-0.39, 0.29) is 5.82 Å². The molecule has 0 spiro atoms. The molecule has 3 aromatic heterocycles. The van der Waals surface area contributed by atoms with Crippen LogP contribution in [0.2, 0.25) is 0 Å². The quantitative estimate of drug-likeness (QED) is 0.613. The van der Waals surface area contributed by atoms with Crippen LogP contribution in [-0.2, 0) is 13.6 Å². The lowest BCUT2D eigenvalue weighted by Gasteiger charge is -2.07. The average molecular weight is 347 g/mol. The minimum Gasteiger partial charge on any atom is -0.338 e. The summed E-state index contributed by atoms with van der Waals surface area (Å²) in [5.74, 6) is 0.267. The van der Waals surface area contributed by atoms with Gasteiger partial charge in [0.2, 0.25) is 0 Å². The van der Waals surface area contributed by atoms with Crippen LogP contribution < -0.4 is 5.32 Å². The van der Waals surface area contributed by atoms with E-state index in [0.717, 1.165) is 16.6 Å². The second-order valence-electron chi connectivity index (χ2n) is 5.87. The van der Waals surface area contributed by atoms with Crippen LogP contribution >= 0.6 is 0 Å². The lowest BCUT2D eigenvalue weighted by Crippen LogP contribution is -2.04. The topological polar surface area (TPSA) is 84.4 Å². The first-order valence-electron chi connectivity index (χ1n) is 7.88. The van der Waals surface area contributed by atoms with Gasteiger partial charge in [0.25, 0.3) is 0 Å². The van der Waals surface area contributed by atoms with Crippen LogP contribution in [0.15, 0.2) is 49.1 Å². The maximum atomic E-state index is 13.6. The molecule has 7 nitrogen and oxygen atoms in total. The molecule has 0 unspecified atom stereocenters. The zero-order chi connectivity index (χ0) is 18.1. The maximum absolute atomic E-state index is 13.6. The van der Waals surface area contributed by atoms with E-state index in [1.165, 1.54) is 18.2 Å². The first-order valence-corrected chi connectivity index (χ1v) is 7.88. The predicted octanol–water partition coefficient (Wildman–Crippen LogP) is 2.97. The number of aryl methyl sites for hydroxylation is 1. The van der Waals surface area contributed by atoms with Crippen molar-refractivity contribution >= 4 is 22.4 Å². The minimum atomic E-state index is -0.379. The number of nitrogens with one attached hydrogen (secondary N) is 1. The van der Waals surface area contributed by atoms with Gasteiger partial charge in [0, 0.05) is 30.9 Å². The summed E-state index contributed by atoms with van der Waals surface area (Å²) in [4.78, 5) is 4.37. The predicted molar refractivity (Wildman–Crippen MR) is 94.2 cm³/mol. The van der Waals surface area contributed by atoms with Crippen molar-refractivity contribution < 1.29 is 4.39 Å². The highest BCUT2D eigenvalue weighted by Crippen LogP contribution is 2.21. The number of hydrogen-bond acceptors (Lipinski definition) is 5. The highest BCUT2D eigenvalue weighted by atomic mass is 19.1. The summed E-state index contributed by atoms with van der Waals surface area (Å²) in [6.45, 7) is 0.292. The highest BCUT2D eigenvalue weighted by Gasteiger charge is 2.10. The Hall–Kier alpha value is -3.73. The molecule has 0 saturated carbocycles. The van der Waals surface area contributed by atoms with Gasteiger partial charge in [0.15, 0.2) is 0 Å². The number of hydrogen-bond donors (Lipinski definition) is 1. The van der Waals surface area contributed by atoms with Crippen LogP contribution in [0.25, 0.3) is 10.9 Å². The molecule has 4 aromatic rings. The van der Waals surface area contributed by atoms with E-state index in [4.69, 9.17) is 0 Å². The van der Waals surface area contributed by atoms with Crippen molar-refractivity contribution in [2.45, 2.75) is 6.54 Å². The Balaban J connectivity index is 1.69. The fourth-order valence-corrected chi connectivity index (χ4v) is 2.76. The van der Waals surface area contributed by atoms with Gasteiger partial charge in [-0.15, -0.1) is 0 Å². The Morgan fingerprint density at radius 2 is 2.08 bits per heavy atom. The molecule has 0 atom stereocenters. The maximum Gasteiger partial charge on any atom is 0.132 e. The molecule has 1 aromatic carbocycles. The van der Waals surface area contributed by atoms with E-state index in [1.807, 2.05) is 19.3 Å². The van der Waals surface area contributed by atoms with E-state index in [9.17, 15) is 9.65 Å². The molecule has 0 amide bonds. The first kappa shape index (κ1) is 15.8. The molecule has 8 heteroatoms. The zero-order valence-corrected chi connectivity index (χ0v) is 13.9. The van der Waals surface area contributed by atoms with Gasteiger partial charge in [-0.05, 0) is 23.8 Å². The summed E-state index contributed by atoms with van der Waals surface area (Å²) in [6.07, 6.45) is 6.96. The average Bonchev–Trinajstić information content (AvgIpc) is 3.21. The number of benzene rings is 1.